The smallest absolute Gasteiger partial charge is 0.310 e. The number of hydrogen-bond acceptors (Lipinski definition) is 4. The van der Waals surface area contributed by atoms with Crippen LogP contribution >= 0.6 is 0 Å². The first-order chi connectivity index (χ1) is 9.20. The van der Waals surface area contributed by atoms with E-state index in [0.29, 0.717) is 13.1 Å². The summed E-state index contributed by atoms with van der Waals surface area (Å²) < 4.78 is 4.75. The average molecular weight is 262 g/mol. The first kappa shape index (κ1) is 13.5. The van der Waals surface area contributed by atoms with Crippen LogP contribution < -0.4 is 0 Å². The standard InChI is InChI=1S/C14H18N2O3/c1-19-14(18)11-5-4-8-16(10-11)13(17)9-12-6-2-3-7-15-12/h2-3,6-7,11H,4-5,8-10H2,1H3. The van der Waals surface area contributed by atoms with E-state index in [1.54, 1.807) is 11.1 Å². The Hall–Kier alpha value is -1.91. The normalized spacial score (nSPS) is 19.0. The molecular formula is C14H18N2O3. The Morgan fingerprint density at radius 2 is 2.32 bits per heavy atom. The van der Waals surface area contributed by atoms with Gasteiger partial charge in [0.2, 0.25) is 5.91 Å². The van der Waals surface area contributed by atoms with Crippen LogP contribution in [-0.4, -0.2) is 42.0 Å². The molecular weight excluding hydrogens is 244 g/mol. The van der Waals surface area contributed by atoms with E-state index < -0.39 is 0 Å². The predicted octanol–water partition coefficient (Wildman–Crippen LogP) is 1.04. The van der Waals surface area contributed by atoms with Gasteiger partial charge in [-0.05, 0) is 25.0 Å². The molecule has 1 saturated heterocycles. The molecule has 19 heavy (non-hydrogen) atoms. The molecule has 0 saturated carbocycles. The van der Waals surface area contributed by atoms with Gasteiger partial charge in [0.05, 0.1) is 19.4 Å². The van der Waals surface area contributed by atoms with Crippen molar-refractivity contribution in [1.82, 2.24) is 9.88 Å². The summed E-state index contributed by atoms with van der Waals surface area (Å²) in [6, 6.07) is 5.52. The van der Waals surface area contributed by atoms with Crippen molar-refractivity contribution in [2.45, 2.75) is 19.3 Å². The van der Waals surface area contributed by atoms with Gasteiger partial charge in [-0.15, -0.1) is 0 Å². The Morgan fingerprint density at radius 3 is 3.00 bits per heavy atom. The lowest BCUT2D eigenvalue weighted by atomic mass is 9.98. The van der Waals surface area contributed by atoms with Crippen LogP contribution in [0.4, 0.5) is 0 Å². The molecule has 1 aliphatic rings. The van der Waals surface area contributed by atoms with Crippen LogP contribution in [0.15, 0.2) is 24.4 Å². The van der Waals surface area contributed by atoms with Gasteiger partial charge in [-0.1, -0.05) is 6.07 Å². The van der Waals surface area contributed by atoms with Crippen molar-refractivity contribution in [3.05, 3.63) is 30.1 Å². The van der Waals surface area contributed by atoms with E-state index in [-0.39, 0.29) is 24.2 Å². The van der Waals surface area contributed by atoms with Crippen molar-refractivity contribution in [3.63, 3.8) is 0 Å². The second-order valence-corrected chi connectivity index (χ2v) is 4.70. The number of pyridine rings is 1. The fourth-order valence-corrected chi connectivity index (χ4v) is 2.33. The maximum absolute atomic E-state index is 12.2. The minimum Gasteiger partial charge on any atom is -0.469 e. The fourth-order valence-electron chi connectivity index (χ4n) is 2.33. The van der Waals surface area contributed by atoms with Crippen molar-refractivity contribution < 1.29 is 14.3 Å². The van der Waals surface area contributed by atoms with E-state index in [9.17, 15) is 9.59 Å². The SMILES string of the molecule is COC(=O)C1CCCN(C(=O)Cc2ccccn2)C1. The zero-order chi connectivity index (χ0) is 13.7. The quantitative estimate of drug-likeness (QED) is 0.764. The van der Waals surface area contributed by atoms with Gasteiger partial charge in [0, 0.05) is 25.0 Å². The fraction of sp³-hybridized carbons (Fsp3) is 0.500. The maximum Gasteiger partial charge on any atom is 0.310 e. The monoisotopic (exact) mass is 262 g/mol. The Balaban J connectivity index is 1.94. The molecule has 0 aliphatic carbocycles. The lowest BCUT2D eigenvalue weighted by Crippen LogP contribution is -2.43. The average Bonchev–Trinajstić information content (AvgIpc) is 2.47. The summed E-state index contributed by atoms with van der Waals surface area (Å²) in [6.07, 6.45) is 3.60. The zero-order valence-corrected chi connectivity index (χ0v) is 11.0. The molecule has 2 rings (SSSR count). The zero-order valence-electron chi connectivity index (χ0n) is 11.0. The van der Waals surface area contributed by atoms with E-state index in [0.717, 1.165) is 18.5 Å². The highest BCUT2D eigenvalue weighted by Gasteiger charge is 2.28. The molecule has 1 unspecified atom stereocenters. The summed E-state index contributed by atoms with van der Waals surface area (Å²) in [6.45, 7) is 1.16. The summed E-state index contributed by atoms with van der Waals surface area (Å²) in [5.74, 6) is -0.394. The summed E-state index contributed by atoms with van der Waals surface area (Å²) in [5.41, 5.74) is 0.757. The van der Waals surface area contributed by atoms with Crippen LogP contribution in [0.1, 0.15) is 18.5 Å². The number of amides is 1. The number of nitrogens with zero attached hydrogens (tertiary/aromatic N) is 2. The van der Waals surface area contributed by atoms with Crippen LogP contribution in [0, 0.1) is 5.92 Å². The van der Waals surface area contributed by atoms with Crippen LogP contribution in [0.3, 0.4) is 0 Å². The Labute approximate surface area is 112 Å². The number of carbonyl (C=O) groups excluding carboxylic acids is 2. The van der Waals surface area contributed by atoms with Gasteiger partial charge >= 0.3 is 5.97 Å². The minimum absolute atomic E-state index is 0.0207. The number of likely N-dealkylation sites (tertiary alicyclic amines) is 1. The Morgan fingerprint density at radius 1 is 1.47 bits per heavy atom. The summed E-state index contributed by atoms with van der Waals surface area (Å²) >= 11 is 0. The first-order valence-corrected chi connectivity index (χ1v) is 6.46. The number of carbonyl (C=O) groups is 2. The number of aromatic nitrogens is 1. The molecule has 102 valence electrons. The number of esters is 1. The topological polar surface area (TPSA) is 59.5 Å². The molecule has 1 fully saturated rings. The molecule has 1 atom stereocenters. The number of piperidine rings is 1. The highest BCUT2D eigenvalue weighted by molar-refractivity contribution is 5.80. The molecule has 1 aromatic rings. The molecule has 0 bridgehead atoms. The molecule has 0 N–H and O–H groups in total. The summed E-state index contributed by atoms with van der Waals surface area (Å²) in [4.78, 5) is 29.6. The van der Waals surface area contributed by atoms with Gasteiger partial charge in [0.1, 0.15) is 0 Å². The molecule has 1 amide bonds. The summed E-state index contributed by atoms with van der Waals surface area (Å²) in [5, 5.41) is 0. The highest BCUT2D eigenvalue weighted by atomic mass is 16.5. The van der Waals surface area contributed by atoms with Gasteiger partial charge in [-0.25, -0.2) is 0 Å². The molecule has 2 heterocycles. The van der Waals surface area contributed by atoms with Gasteiger partial charge in [0.15, 0.2) is 0 Å². The van der Waals surface area contributed by atoms with Gasteiger partial charge < -0.3 is 9.64 Å². The van der Waals surface area contributed by atoms with Crippen LogP contribution in [-0.2, 0) is 20.7 Å². The van der Waals surface area contributed by atoms with Crippen molar-refractivity contribution in [3.8, 4) is 0 Å². The lowest BCUT2D eigenvalue weighted by molar-refractivity contribution is -0.148. The third-order valence-corrected chi connectivity index (χ3v) is 3.37. The van der Waals surface area contributed by atoms with Crippen LogP contribution in [0.2, 0.25) is 0 Å². The largest absolute Gasteiger partial charge is 0.469 e. The minimum atomic E-state index is -0.227. The molecule has 1 aromatic heterocycles. The third kappa shape index (κ3) is 3.53. The van der Waals surface area contributed by atoms with Gasteiger partial charge in [-0.3, -0.25) is 14.6 Å². The molecule has 0 radical (unpaired) electrons. The number of methoxy groups -OCH3 is 1. The van der Waals surface area contributed by atoms with Crippen molar-refractivity contribution in [2.75, 3.05) is 20.2 Å². The number of rotatable bonds is 3. The van der Waals surface area contributed by atoms with Crippen molar-refractivity contribution >= 4 is 11.9 Å². The highest BCUT2D eigenvalue weighted by Crippen LogP contribution is 2.18. The maximum atomic E-state index is 12.2. The lowest BCUT2D eigenvalue weighted by Gasteiger charge is -2.31. The Bertz CT molecular complexity index is 447. The third-order valence-electron chi connectivity index (χ3n) is 3.37. The van der Waals surface area contributed by atoms with E-state index in [4.69, 9.17) is 4.74 Å². The first-order valence-electron chi connectivity index (χ1n) is 6.46. The van der Waals surface area contributed by atoms with E-state index in [2.05, 4.69) is 4.98 Å². The van der Waals surface area contributed by atoms with E-state index >= 15 is 0 Å². The van der Waals surface area contributed by atoms with Crippen LogP contribution in [0.5, 0.6) is 0 Å². The number of ether oxygens (including phenoxy) is 1. The van der Waals surface area contributed by atoms with Crippen molar-refractivity contribution in [2.24, 2.45) is 5.92 Å². The van der Waals surface area contributed by atoms with Crippen molar-refractivity contribution in [1.29, 1.82) is 0 Å². The molecule has 5 heteroatoms. The molecule has 1 aliphatic heterocycles. The van der Waals surface area contributed by atoms with E-state index in [1.807, 2.05) is 18.2 Å². The number of hydrogen-bond donors (Lipinski definition) is 0. The molecule has 5 nitrogen and oxygen atoms in total. The van der Waals surface area contributed by atoms with Gasteiger partial charge in [0.25, 0.3) is 0 Å². The summed E-state index contributed by atoms with van der Waals surface area (Å²) in [7, 11) is 1.39. The second kappa shape index (κ2) is 6.31. The Kier molecular flexibility index (Phi) is 4.49. The molecule has 0 aromatic carbocycles. The van der Waals surface area contributed by atoms with E-state index in [1.165, 1.54) is 7.11 Å². The molecule has 0 spiro atoms. The van der Waals surface area contributed by atoms with Gasteiger partial charge in [-0.2, -0.15) is 0 Å². The second-order valence-electron chi connectivity index (χ2n) is 4.70. The van der Waals surface area contributed by atoms with Crippen LogP contribution in [0.25, 0.3) is 0 Å². The predicted molar refractivity (Wildman–Crippen MR) is 69.3 cm³/mol.